The maximum atomic E-state index is 4.65. The van der Waals surface area contributed by atoms with E-state index in [1.807, 2.05) is 19.1 Å². The molecular weight excluding hydrogens is 248 g/mol. The average Bonchev–Trinajstić information content (AvgIpc) is 2.62. The molecule has 0 unspecified atom stereocenters. The van der Waals surface area contributed by atoms with Crippen molar-refractivity contribution < 1.29 is 0 Å². The van der Waals surface area contributed by atoms with Crippen LogP contribution in [0.3, 0.4) is 0 Å². The molecule has 108 valence electrons. The Hall–Kier alpha value is -1.68. The van der Waals surface area contributed by atoms with E-state index in [1.165, 1.54) is 11.3 Å². The number of aromatic nitrogens is 3. The topological polar surface area (TPSA) is 42.7 Å². The molecule has 0 aliphatic carbocycles. The number of pyridine rings is 1. The first-order chi connectivity index (χ1) is 9.47. The fourth-order valence-electron chi connectivity index (χ4n) is 2.29. The molecule has 4 nitrogen and oxygen atoms in total. The summed E-state index contributed by atoms with van der Waals surface area (Å²) in [6.07, 6.45) is 0. The summed E-state index contributed by atoms with van der Waals surface area (Å²) in [7, 11) is 0. The molecule has 0 bridgehead atoms. The van der Waals surface area contributed by atoms with Crippen molar-refractivity contribution in [3.05, 3.63) is 46.5 Å². The molecule has 4 heteroatoms. The molecular formula is C16H24N4. The van der Waals surface area contributed by atoms with Gasteiger partial charge in [-0.1, -0.05) is 19.9 Å². The second-order valence-electron chi connectivity index (χ2n) is 5.61. The van der Waals surface area contributed by atoms with Gasteiger partial charge in [0, 0.05) is 29.5 Å². The van der Waals surface area contributed by atoms with E-state index in [0.29, 0.717) is 6.04 Å². The molecule has 2 rings (SSSR count). The molecule has 0 aliphatic rings. The Morgan fingerprint density at radius 2 is 1.95 bits per heavy atom. The number of hydrogen-bond donors (Lipinski definition) is 1. The van der Waals surface area contributed by atoms with Crippen LogP contribution in [0.2, 0.25) is 0 Å². The van der Waals surface area contributed by atoms with Gasteiger partial charge in [0.2, 0.25) is 0 Å². The largest absolute Gasteiger partial charge is 0.310 e. The second kappa shape index (κ2) is 6.18. The Kier molecular flexibility index (Phi) is 4.55. The standard InChI is InChI=1S/C16H24N4/c1-11(2)17-9-16-13(4)19-20(14(16)5)10-15-8-6-7-12(3)18-15/h6-8,11,17H,9-10H2,1-5H3. The van der Waals surface area contributed by atoms with Gasteiger partial charge < -0.3 is 5.32 Å². The van der Waals surface area contributed by atoms with Crippen LogP contribution in [0, 0.1) is 20.8 Å². The molecule has 1 N–H and O–H groups in total. The van der Waals surface area contributed by atoms with Crippen molar-refractivity contribution >= 4 is 0 Å². The molecule has 20 heavy (non-hydrogen) atoms. The van der Waals surface area contributed by atoms with Crippen LogP contribution in [-0.2, 0) is 13.1 Å². The Labute approximate surface area is 121 Å². The van der Waals surface area contributed by atoms with Crippen LogP contribution in [0.1, 0.15) is 42.2 Å². The van der Waals surface area contributed by atoms with E-state index in [1.54, 1.807) is 0 Å². The first-order valence-electron chi connectivity index (χ1n) is 7.16. The number of rotatable bonds is 5. The predicted molar refractivity (Wildman–Crippen MR) is 81.8 cm³/mol. The highest BCUT2D eigenvalue weighted by Crippen LogP contribution is 2.14. The third-order valence-electron chi connectivity index (χ3n) is 3.48. The number of hydrogen-bond acceptors (Lipinski definition) is 3. The summed E-state index contributed by atoms with van der Waals surface area (Å²) in [6.45, 7) is 12.1. The summed E-state index contributed by atoms with van der Waals surface area (Å²) in [5.41, 5.74) is 5.72. The van der Waals surface area contributed by atoms with Gasteiger partial charge in [-0.25, -0.2) is 0 Å². The van der Waals surface area contributed by atoms with Crippen LogP contribution in [0.5, 0.6) is 0 Å². The van der Waals surface area contributed by atoms with Crippen molar-refractivity contribution in [2.45, 2.75) is 53.8 Å². The van der Waals surface area contributed by atoms with Gasteiger partial charge in [0.15, 0.2) is 0 Å². The lowest BCUT2D eigenvalue weighted by molar-refractivity contribution is 0.584. The Balaban J connectivity index is 2.19. The zero-order valence-corrected chi connectivity index (χ0v) is 13.1. The third kappa shape index (κ3) is 3.45. The lowest BCUT2D eigenvalue weighted by Gasteiger charge is -2.09. The van der Waals surface area contributed by atoms with Crippen molar-refractivity contribution in [1.82, 2.24) is 20.1 Å². The smallest absolute Gasteiger partial charge is 0.0834 e. The molecule has 0 amide bonds. The highest BCUT2D eigenvalue weighted by Gasteiger charge is 2.12. The fraction of sp³-hybridized carbons (Fsp3) is 0.500. The van der Waals surface area contributed by atoms with E-state index in [0.717, 1.165) is 30.2 Å². The minimum atomic E-state index is 0.482. The van der Waals surface area contributed by atoms with Gasteiger partial charge >= 0.3 is 0 Å². The maximum Gasteiger partial charge on any atom is 0.0834 e. The van der Waals surface area contributed by atoms with Crippen molar-refractivity contribution in [3.8, 4) is 0 Å². The van der Waals surface area contributed by atoms with E-state index in [2.05, 4.69) is 53.8 Å². The summed E-state index contributed by atoms with van der Waals surface area (Å²) in [6, 6.07) is 6.60. The van der Waals surface area contributed by atoms with Gasteiger partial charge in [0.1, 0.15) is 0 Å². The van der Waals surface area contributed by atoms with Crippen LogP contribution in [0.25, 0.3) is 0 Å². The minimum absolute atomic E-state index is 0.482. The number of aryl methyl sites for hydroxylation is 2. The molecule has 0 atom stereocenters. The van der Waals surface area contributed by atoms with Crippen LogP contribution in [-0.4, -0.2) is 20.8 Å². The molecule has 2 aromatic rings. The monoisotopic (exact) mass is 272 g/mol. The van der Waals surface area contributed by atoms with Gasteiger partial charge in [-0.15, -0.1) is 0 Å². The molecule has 0 saturated carbocycles. The number of nitrogens with one attached hydrogen (secondary N) is 1. The SMILES string of the molecule is Cc1cccc(Cn2nc(C)c(CNC(C)C)c2C)n1. The fourth-order valence-corrected chi connectivity index (χ4v) is 2.29. The molecule has 0 fully saturated rings. The van der Waals surface area contributed by atoms with Crippen LogP contribution < -0.4 is 5.32 Å². The molecule has 0 aromatic carbocycles. The first kappa shape index (κ1) is 14.7. The van der Waals surface area contributed by atoms with E-state index < -0.39 is 0 Å². The number of nitrogens with zero attached hydrogens (tertiary/aromatic N) is 3. The van der Waals surface area contributed by atoms with Crippen molar-refractivity contribution in [3.63, 3.8) is 0 Å². The van der Waals surface area contributed by atoms with Crippen LogP contribution in [0.4, 0.5) is 0 Å². The summed E-state index contributed by atoms with van der Waals surface area (Å²) in [4.78, 5) is 4.55. The highest BCUT2D eigenvalue weighted by atomic mass is 15.3. The Bertz CT molecular complexity index is 584. The van der Waals surface area contributed by atoms with Gasteiger partial charge in [0.05, 0.1) is 17.9 Å². The molecule has 0 saturated heterocycles. The molecule has 0 spiro atoms. The van der Waals surface area contributed by atoms with E-state index in [4.69, 9.17) is 0 Å². The van der Waals surface area contributed by atoms with Gasteiger partial charge in [-0.3, -0.25) is 9.67 Å². The summed E-state index contributed by atoms with van der Waals surface area (Å²) in [5.74, 6) is 0. The maximum absolute atomic E-state index is 4.65. The third-order valence-corrected chi connectivity index (χ3v) is 3.48. The second-order valence-corrected chi connectivity index (χ2v) is 5.61. The first-order valence-corrected chi connectivity index (χ1v) is 7.16. The van der Waals surface area contributed by atoms with Gasteiger partial charge in [-0.2, -0.15) is 5.10 Å². The lowest BCUT2D eigenvalue weighted by Crippen LogP contribution is -2.22. The predicted octanol–water partition coefficient (Wildman–Crippen LogP) is 2.75. The molecule has 0 radical (unpaired) electrons. The van der Waals surface area contributed by atoms with Crippen molar-refractivity contribution in [1.29, 1.82) is 0 Å². The van der Waals surface area contributed by atoms with Crippen molar-refractivity contribution in [2.75, 3.05) is 0 Å². The van der Waals surface area contributed by atoms with E-state index >= 15 is 0 Å². The average molecular weight is 272 g/mol. The lowest BCUT2D eigenvalue weighted by atomic mass is 10.2. The zero-order valence-electron chi connectivity index (χ0n) is 13.1. The van der Waals surface area contributed by atoms with Crippen molar-refractivity contribution in [2.24, 2.45) is 0 Å². The quantitative estimate of drug-likeness (QED) is 0.910. The highest BCUT2D eigenvalue weighted by molar-refractivity contribution is 5.25. The molecule has 2 aromatic heterocycles. The Morgan fingerprint density at radius 3 is 2.60 bits per heavy atom. The summed E-state index contributed by atoms with van der Waals surface area (Å²) >= 11 is 0. The molecule has 2 heterocycles. The molecule has 0 aliphatic heterocycles. The summed E-state index contributed by atoms with van der Waals surface area (Å²) < 4.78 is 2.05. The van der Waals surface area contributed by atoms with E-state index in [9.17, 15) is 0 Å². The minimum Gasteiger partial charge on any atom is -0.310 e. The van der Waals surface area contributed by atoms with Crippen LogP contribution in [0.15, 0.2) is 18.2 Å². The normalized spacial score (nSPS) is 11.3. The van der Waals surface area contributed by atoms with Gasteiger partial charge in [0.25, 0.3) is 0 Å². The van der Waals surface area contributed by atoms with Crippen LogP contribution >= 0.6 is 0 Å². The zero-order chi connectivity index (χ0) is 14.7. The summed E-state index contributed by atoms with van der Waals surface area (Å²) in [5, 5.41) is 8.11. The van der Waals surface area contributed by atoms with E-state index in [-0.39, 0.29) is 0 Å². The van der Waals surface area contributed by atoms with Gasteiger partial charge in [-0.05, 0) is 32.9 Å². The Morgan fingerprint density at radius 1 is 1.20 bits per heavy atom.